The molecule has 0 saturated heterocycles. The second kappa shape index (κ2) is 9.28. The minimum atomic E-state index is -0.436. The van der Waals surface area contributed by atoms with Crippen LogP contribution in [0.15, 0.2) is 72.8 Å². The number of non-ortho nitro benzene ring substituents is 1. The molecule has 1 N–H and O–H groups in total. The van der Waals surface area contributed by atoms with Gasteiger partial charge in [0.15, 0.2) is 0 Å². The normalized spacial score (nSPS) is 17.6. The Balaban J connectivity index is 1.59. The van der Waals surface area contributed by atoms with Crippen LogP contribution < -0.4 is 10.2 Å². The lowest BCUT2D eigenvalue weighted by atomic mass is 9.90. The molecule has 168 valence electrons. The summed E-state index contributed by atoms with van der Waals surface area (Å²) < 4.78 is 0. The van der Waals surface area contributed by atoms with Gasteiger partial charge in [0.1, 0.15) is 0 Å². The predicted molar refractivity (Wildman–Crippen MR) is 132 cm³/mol. The Kier molecular flexibility index (Phi) is 6.27. The van der Waals surface area contributed by atoms with Gasteiger partial charge in [-0.25, -0.2) is 0 Å². The summed E-state index contributed by atoms with van der Waals surface area (Å²) in [6.45, 7) is 6.16. The molecule has 1 heterocycles. The lowest BCUT2D eigenvalue weighted by Crippen LogP contribution is -2.43. The van der Waals surface area contributed by atoms with Crippen LogP contribution in [0.3, 0.4) is 0 Å². The largest absolute Gasteiger partial charge is 0.378 e. The minimum Gasteiger partial charge on any atom is -0.378 e. The third-order valence-electron chi connectivity index (χ3n) is 5.99. The Morgan fingerprint density at radius 1 is 1.03 bits per heavy atom. The first-order chi connectivity index (χ1) is 15.8. The van der Waals surface area contributed by atoms with Crippen molar-refractivity contribution in [3.05, 3.63) is 105 Å². The number of nitrogens with one attached hydrogen (secondary N) is 1. The van der Waals surface area contributed by atoms with Crippen molar-refractivity contribution in [3.8, 4) is 0 Å². The van der Waals surface area contributed by atoms with Gasteiger partial charge in [-0.2, -0.15) is 0 Å². The van der Waals surface area contributed by atoms with E-state index in [0.717, 1.165) is 34.5 Å². The van der Waals surface area contributed by atoms with Crippen molar-refractivity contribution in [2.24, 2.45) is 0 Å². The molecule has 1 aliphatic heterocycles. The fourth-order valence-corrected chi connectivity index (χ4v) is 4.25. The third kappa shape index (κ3) is 4.95. The van der Waals surface area contributed by atoms with Crippen LogP contribution in [0.2, 0.25) is 0 Å². The zero-order valence-corrected chi connectivity index (χ0v) is 19.0. The molecule has 0 radical (unpaired) electrons. The van der Waals surface area contributed by atoms with Crippen LogP contribution in [0.4, 0.5) is 17.1 Å². The van der Waals surface area contributed by atoms with Gasteiger partial charge >= 0.3 is 0 Å². The average molecular weight is 442 g/mol. The number of fused-ring (bicyclic) bond motifs is 1. The quantitative estimate of drug-likeness (QED) is 0.290. The topological polar surface area (TPSA) is 75.5 Å². The maximum absolute atomic E-state index is 13.2. The molecule has 6 nitrogen and oxygen atoms in total. The Morgan fingerprint density at radius 3 is 2.36 bits per heavy atom. The molecule has 0 fully saturated rings. The summed E-state index contributed by atoms with van der Waals surface area (Å²) in [5.74, 6) is -0.110. The van der Waals surface area contributed by atoms with E-state index in [-0.39, 0.29) is 23.7 Å². The number of nitro benzene ring substituents is 1. The number of benzene rings is 3. The van der Waals surface area contributed by atoms with Crippen LogP contribution in [0.1, 0.15) is 41.6 Å². The van der Waals surface area contributed by atoms with Crippen LogP contribution in [-0.2, 0) is 4.79 Å². The highest BCUT2D eigenvalue weighted by Crippen LogP contribution is 2.39. The van der Waals surface area contributed by atoms with Crippen LogP contribution in [-0.4, -0.2) is 16.9 Å². The molecule has 0 aromatic heterocycles. The lowest BCUT2D eigenvalue weighted by Gasteiger charge is -2.39. The van der Waals surface area contributed by atoms with Gasteiger partial charge in [0.25, 0.3) is 11.6 Å². The first kappa shape index (κ1) is 22.3. The summed E-state index contributed by atoms with van der Waals surface area (Å²) in [4.78, 5) is 25.5. The number of anilines is 2. The highest BCUT2D eigenvalue weighted by molar-refractivity contribution is 6.05. The van der Waals surface area contributed by atoms with Crippen molar-refractivity contribution >= 4 is 29.0 Å². The van der Waals surface area contributed by atoms with Crippen molar-refractivity contribution in [1.82, 2.24) is 0 Å². The number of carbonyl (C=O) groups is 1. The average Bonchev–Trinajstić information content (AvgIpc) is 2.79. The number of amides is 1. The summed E-state index contributed by atoms with van der Waals surface area (Å²) in [5.41, 5.74) is 6.14. The van der Waals surface area contributed by atoms with E-state index in [1.165, 1.54) is 23.8 Å². The Morgan fingerprint density at radius 2 is 1.70 bits per heavy atom. The van der Waals surface area contributed by atoms with E-state index in [1.54, 1.807) is 18.2 Å². The maximum atomic E-state index is 13.2. The molecular weight excluding hydrogens is 414 g/mol. The fraction of sp³-hybridized carbons (Fsp3) is 0.222. The lowest BCUT2D eigenvalue weighted by molar-refractivity contribution is -0.384. The fourth-order valence-electron chi connectivity index (χ4n) is 4.25. The zero-order valence-electron chi connectivity index (χ0n) is 19.0. The maximum Gasteiger partial charge on any atom is 0.269 e. The van der Waals surface area contributed by atoms with E-state index in [4.69, 9.17) is 0 Å². The van der Waals surface area contributed by atoms with Gasteiger partial charge in [-0.15, -0.1) is 0 Å². The van der Waals surface area contributed by atoms with Gasteiger partial charge in [0.2, 0.25) is 0 Å². The molecular formula is C27H27N3O3. The number of rotatable bonds is 5. The summed E-state index contributed by atoms with van der Waals surface area (Å²) in [6.07, 6.45) is 4.02. The summed E-state index contributed by atoms with van der Waals surface area (Å²) in [5, 5.41) is 14.5. The van der Waals surface area contributed by atoms with Crippen LogP contribution >= 0.6 is 0 Å². The first-order valence-corrected chi connectivity index (χ1v) is 11.0. The molecule has 6 heteroatoms. The molecule has 2 atom stereocenters. The van der Waals surface area contributed by atoms with Gasteiger partial charge < -0.3 is 10.2 Å². The third-order valence-corrected chi connectivity index (χ3v) is 5.99. The number of nitro groups is 1. The standard InChI is InChI=1S/C27H27N3O3/c1-18-4-10-22(11-5-18)28-25-17-20(3)29(26-16-19(2)6-14-24(25)26)27(31)15-9-21-7-12-23(13-8-21)30(32)33/h4-16,20,25,28H,17H2,1-3H3/b15-9+. The molecule has 0 aliphatic carbocycles. The summed E-state index contributed by atoms with van der Waals surface area (Å²) in [6, 6.07) is 20.8. The first-order valence-electron chi connectivity index (χ1n) is 11.0. The zero-order chi connectivity index (χ0) is 23.5. The SMILES string of the molecule is Cc1ccc(NC2CC(C)N(C(=O)/C=C/c3ccc([N+](=O)[O-])cc3)c3cc(C)ccc32)cc1. The van der Waals surface area contributed by atoms with Crippen molar-refractivity contribution in [2.45, 2.75) is 39.3 Å². The molecule has 2 unspecified atom stereocenters. The van der Waals surface area contributed by atoms with E-state index in [0.29, 0.717) is 0 Å². The Bertz CT molecular complexity index is 1200. The Hall–Kier alpha value is -3.93. The van der Waals surface area contributed by atoms with Gasteiger partial charge in [0, 0.05) is 35.6 Å². The van der Waals surface area contributed by atoms with Crippen LogP contribution in [0.25, 0.3) is 6.08 Å². The molecule has 4 rings (SSSR count). The Labute approximate surface area is 193 Å². The molecule has 0 spiro atoms. The van der Waals surface area contributed by atoms with Crippen molar-refractivity contribution < 1.29 is 9.72 Å². The number of carbonyl (C=O) groups excluding carboxylic acids is 1. The van der Waals surface area contributed by atoms with Crippen molar-refractivity contribution in [1.29, 1.82) is 0 Å². The second-order valence-corrected chi connectivity index (χ2v) is 8.60. The van der Waals surface area contributed by atoms with E-state index in [9.17, 15) is 14.9 Å². The second-order valence-electron chi connectivity index (χ2n) is 8.60. The van der Waals surface area contributed by atoms with Crippen LogP contribution in [0, 0.1) is 24.0 Å². The monoisotopic (exact) mass is 441 g/mol. The van der Waals surface area contributed by atoms with Gasteiger partial charge in [-0.3, -0.25) is 14.9 Å². The molecule has 0 bridgehead atoms. The molecule has 1 aliphatic rings. The molecule has 1 amide bonds. The predicted octanol–water partition coefficient (Wildman–Crippen LogP) is 6.20. The number of nitrogens with zero attached hydrogens (tertiary/aromatic N) is 2. The highest BCUT2D eigenvalue weighted by Gasteiger charge is 2.33. The van der Waals surface area contributed by atoms with Crippen LogP contribution in [0.5, 0.6) is 0 Å². The van der Waals surface area contributed by atoms with E-state index >= 15 is 0 Å². The number of hydrogen-bond donors (Lipinski definition) is 1. The molecule has 33 heavy (non-hydrogen) atoms. The molecule has 3 aromatic carbocycles. The van der Waals surface area contributed by atoms with Gasteiger partial charge in [0.05, 0.1) is 11.0 Å². The van der Waals surface area contributed by atoms with E-state index in [1.807, 2.05) is 11.8 Å². The number of hydrogen-bond acceptors (Lipinski definition) is 4. The van der Waals surface area contributed by atoms with Gasteiger partial charge in [-0.05, 0) is 80.3 Å². The smallest absolute Gasteiger partial charge is 0.269 e. The molecule has 3 aromatic rings. The highest BCUT2D eigenvalue weighted by atomic mass is 16.6. The van der Waals surface area contributed by atoms with Crippen molar-refractivity contribution in [2.75, 3.05) is 10.2 Å². The molecule has 0 saturated carbocycles. The number of aryl methyl sites for hydroxylation is 2. The van der Waals surface area contributed by atoms with E-state index in [2.05, 4.69) is 61.6 Å². The summed E-state index contributed by atoms with van der Waals surface area (Å²) >= 11 is 0. The van der Waals surface area contributed by atoms with Gasteiger partial charge in [-0.1, -0.05) is 29.8 Å². The summed E-state index contributed by atoms with van der Waals surface area (Å²) in [7, 11) is 0. The van der Waals surface area contributed by atoms with E-state index < -0.39 is 4.92 Å². The minimum absolute atomic E-state index is 0.00346. The van der Waals surface area contributed by atoms with Crippen molar-refractivity contribution in [3.63, 3.8) is 0 Å².